The lowest BCUT2D eigenvalue weighted by Gasteiger charge is -2.18. The van der Waals surface area contributed by atoms with Crippen molar-refractivity contribution in [2.75, 3.05) is 12.1 Å². The molecule has 21 heavy (non-hydrogen) atoms. The van der Waals surface area contributed by atoms with E-state index in [1.165, 1.54) is 12.3 Å². The molecule has 4 atom stereocenters. The quantitative estimate of drug-likeness (QED) is 0.439. The zero-order valence-corrected chi connectivity index (χ0v) is 11.4. The third-order valence-electron chi connectivity index (χ3n) is 3.12. The Morgan fingerprint density at radius 1 is 1.48 bits per heavy atom. The SMILES string of the molecule is O=c1nc(NO)c(C=CCl)cn1[C@@H]1O[C@H](CO)C(O)C1O. The molecule has 10 heteroatoms. The summed E-state index contributed by atoms with van der Waals surface area (Å²) in [7, 11) is 0. The summed E-state index contributed by atoms with van der Waals surface area (Å²) in [6.45, 7) is -0.512. The van der Waals surface area contributed by atoms with Crippen molar-refractivity contribution in [1.29, 1.82) is 0 Å². The molecule has 1 aliphatic rings. The molecule has 9 nitrogen and oxygen atoms in total. The van der Waals surface area contributed by atoms with E-state index in [1.54, 1.807) is 5.48 Å². The maximum atomic E-state index is 11.9. The van der Waals surface area contributed by atoms with Gasteiger partial charge in [-0.05, 0) is 6.08 Å². The molecular formula is C11H14ClN3O6. The van der Waals surface area contributed by atoms with Gasteiger partial charge < -0.3 is 20.1 Å². The molecule has 1 aliphatic heterocycles. The highest BCUT2D eigenvalue weighted by atomic mass is 35.5. The highest BCUT2D eigenvalue weighted by molar-refractivity contribution is 6.27. The molecule has 0 aliphatic carbocycles. The fourth-order valence-electron chi connectivity index (χ4n) is 2.06. The summed E-state index contributed by atoms with van der Waals surface area (Å²) in [5, 5.41) is 37.5. The number of rotatable bonds is 4. The number of hydrogen-bond acceptors (Lipinski definition) is 8. The van der Waals surface area contributed by atoms with Crippen LogP contribution in [0.1, 0.15) is 11.8 Å². The van der Waals surface area contributed by atoms with E-state index >= 15 is 0 Å². The van der Waals surface area contributed by atoms with Crippen LogP contribution >= 0.6 is 11.6 Å². The predicted octanol–water partition coefficient (Wildman–Crippen LogP) is -1.13. The van der Waals surface area contributed by atoms with Gasteiger partial charge in [-0.15, -0.1) is 0 Å². The molecule has 1 aromatic rings. The number of aromatic nitrogens is 2. The number of halogens is 1. The molecule has 5 N–H and O–H groups in total. The molecule has 1 aromatic heterocycles. The number of aliphatic hydroxyl groups is 3. The van der Waals surface area contributed by atoms with Crippen molar-refractivity contribution in [2.45, 2.75) is 24.5 Å². The van der Waals surface area contributed by atoms with Crippen molar-refractivity contribution in [3.63, 3.8) is 0 Å². The van der Waals surface area contributed by atoms with Crippen LogP contribution in [-0.4, -0.2) is 55.0 Å². The average Bonchev–Trinajstić information content (AvgIpc) is 2.76. The van der Waals surface area contributed by atoms with Gasteiger partial charge in [-0.3, -0.25) is 15.3 Å². The molecule has 2 rings (SSSR count). The number of nitrogens with one attached hydrogen (secondary N) is 1. The van der Waals surface area contributed by atoms with Crippen molar-refractivity contribution >= 4 is 23.5 Å². The van der Waals surface area contributed by atoms with Gasteiger partial charge >= 0.3 is 5.69 Å². The lowest BCUT2D eigenvalue weighted by Crippen LogP contribution is -2.36. The molecule has 1 fully saturated rings. The molecule has 1 saturated heterocycles. The number of ether oxygens (including phenoxy) is 1. The molecule has 2 heterocycles. The van der Waals surface area contributed by atoms with E-state index in [4.69, 9.17) is 26.7 Å². The third kappa shape index (κ3) is 2.93. The minimum atomic E-state index is -1.41. The van der Waals surface area contributed by atoms with Crippen molar-refractivity contribution in [2.24, 2.45) is 0 Å². The lowest BCUT2D eigenvalue weighted by atomic mass is 10.1. The summed E-state index contributed by atoms with van der Waals surface area (Å²) in [4.78, 5) is 15.5. The Labute approximate surface area is 123 Å². The molecule has 0 spiro atoms. The van der Waals surface area contributed by atoms with Gasteiger partial charge in [-0.2, -0.15) is 4.98 Å². The standard InChI is InChI=1S/C11H14ClN3O6/c12-2-1-5-3-15(11(19)13-9(5)14-20)10-8(18)7(17)6(4-16)21-10/h1-3,6-8,10,16-18,20H,4H2,(H,13,14,19)/t6-,7?,8?,10-/m1/s1. The minimum absolute atomic E-state index is 0.125. The molecule has 0 radical (unpaired) electrons. The van der Waals surface area contributed by atoms with Crippen molar-refractivity contribution < 1.29 is 25.3 Å². The van der Waals surface area contributed by atoms with Gasteiger partial charge in [-0.1, -0.05) is 11.6 Å². The summed E-state index contributed by atoms with van der Waals surface area (Å²) in [6, 6.07) is 0. The first kappa shape index (κ1) is 15.9. The Morgan fingerprint density at radius 3 is 2.71 bits per heavy atom. The number of anilines is 1. The fraction of sp³-hybridized carbons (Fsp3) is 0.455. The molecule has 116 valence electrons. The highest BCUT2D eigenvalue weighted by Gasteiger charge is 2.43. The van der Waals surface area contributed by atoms with Crippen LogP contribution in [0.2, 0.25) is 0 Å². The van der Waals surface area contributed by atoms with E-state index in [2.05, 4.69) is 4.98 Å². The third-order valence-corrected chi connectivity index (χ3v) is 3.25. The molecule has 0 amide bonds. The van der Waals surface area contributed by atoms with Gasteiger partial charge in [0, 0.05) is 17.3 Å². The van der Waals surface area contributed by atoms with Crippen LogP contribution in [0.4, 0.5) is 5.82 Å². The zero-order chi connectivity index (χ0) is 15.6. The van der Waals surface area contributed by atoms with E-state index in [1.807, 2.05) is 0 Å². The van der Waals surface area contributed by atoms with Gasteiger partial charge in [0.25, 0.3) is 0 Å². The smallest absolute Gasteiger partial charge is 0.351 e. The molecular weight excluding hydrogens is 306 g/mol. The normalized spacial score (nSPS) is 29.2. The van der Waals surface area contributed by atoms with Gasteiger partial charge in [0.1, 0.15) is 18.3 Å². The van der Waals surface area contributed by atoms with Crippen LogP contribution < -0.4 is 11.2 Å². The van der Waals surface area contributed by atoms with Crippen LogP contribution in [0.3, 0.4) is 0 Å². The Bertz CT molecular complexity index is 592. The molecule has 0 aromatic carbocycles. The first-order chi connectivity index (χ1) is 10.0. The minimum Gasteiger partial charge on any atom is -0.394 e. The number of hydrogen-bond donors (Lipinski definition) is 5. The van der Waals surface area contributed by atoms with Crippen molar-refractivity contribution in [1.82, 2.24) is 9.55 Å². The Morgan fingerprint density at radius 2 is 2.19 bits per heavy atom. The molecule has 0 saturated carbocycles. The van der Waals surface area contributed by atoms with Crippen LogP contribution in [0, 0.1) is 0 Å². The fourth-order valence-corrected chi connectivity index (χ4v) is 2.19. The first-order valence-corrected chi connectivity index (χ1v) is 6.39. The summed E-state index contributed by atoms with van der Waals surface area (Å²) in [5.74, 6) is -0.125. The second kappa shape index (κ2) is 6.52. The number of aliphatic hydroxyl groups excluding tert-OH is 3. The van der Waals surface area contributed by atoms with Gasteiger partial charge in [0.2, 0.25) is 0 Å². The Hall–Kier alpha value is -1.49. The second-order valence-electron chi connectivity index (χ2n) is 4.37. The van der Waals surface area contributed by atoms with E-state index < -0.39 is 36.8 Å². The Balaban J connectivity index is 2.45. The first-order valence-electron chi connectivity index (χ1n) is 5.96. The predicted molar refractivity (Wildman–Crippen MR) is 71.8 cm³/mol. The largest absolute Gasteiger partial charge is 0.394 e. The van der Waals surface area contributed by atoms with Gasteiger partial charge in [-0.25, -0.2) is 4.79 Å². The topological polar surface area (TPSA) is 137 Å². The van der Waals surface area contributed by atoms with Gasteiger partial charge in [0.05, 0.1) is 6.61 Å². The van der Waals surface area contributed by atoms with E-state index in [0.717, 1.165) is 10.1 Å². The summed E-state index contributed by atoms with van der Waals surface area (Å²) < 4.78 is 6.18. The molecule has 0 bridgehead atoms. The van der Waals surface area contributed by atoms with Crippen molar-refractivity contribution in [3.05, 3.63) is 27.8 Å². The maximum absolute atomic E-state index is 11.9. The monoisotopic (exact) mass is 319 g/mol. The molecule has 2 unspecified atom stereocenters. The summed E-state index contributed by atoms with van der Waals surface area (Å²) >= 11 is 5.46. The van der Waals surface area contributed by atoms with Gasteiger partial charge in [0.15, 0.2) is 12.0 Å². The van der Waals surface area contributed by atoms with E-state index in [-0.39, 0.29) is 11.4 Å². The summed E-state index contributed by atoms with van der Waals surface area (Å²) in [6.07, 6.45) is -2.39. The summed E-state index contributed by atoms with van der Waals surface area (Å²) in [5.41, 5.74) is 2.32. The van der Waals surface area contributed by atoms with Crippen molar-refractivity contribution in [3.8, 4) is 0 Å². The zero-order valence-electron chi connectivity index (χ0n) is 10.6. The van der Waals surface area contributed by atoms with Crippen LogP contribution in [0.5, 0.6) is 0 Å². The van der Waals surface area contributed by atoms with Crippen LogP contribution in [-0.2, 0) is 4.74 Å². The van der Waals surface area contributed by atoms with Crippen LogP contribution in [0.25, 0.3) is 6.08 Å². The lowest BCUT2D eigenvalue weighted by molar-refractivity contribution is -0.0549. The second-order valence-corrected chi connectivity index (χ2v) is 4.62. The average molecular weight is 320 g/mol. The maximum Gasteiger partial charge on any atom is 0.351 e. The van der Waals surface area contributed by atoms with E-state index in [0.29, 0.717) is 0 Å². The van der Waals surface area contributed by atoms with E-state index in [9.17, 15) is 15.0 Å². The number of nitrogens with zero attached hydrogens (tertiary/aromatic N) is 2. The van der Waals surface area contributed by atoms with Crippen LogP contribution in [0.15, 0.2) is 16.5 Å². The highest BCUT2D eigenvalue weighted by Crippen LogP contribution is 2.28. The Kier molecular flexibility index (Phi) is 4.93.